The Kier molecular flexibility index (Phi) is 6.48. The molecule has 0 saturated heterocycles. The average Bonchev–Trinajstić information content (AvgIpc) is 2.04. The van der Waals surface area contributed by atoms with Crippen LogP contribution in [0.15, 0.2) is 23.9 Å². The standard InChI is InChI=1S/C8H13Cl2N/c1-7(5-9)3-2-4-8(11)6-10/h4H,1-3,5-6,11H2/b8-4-. The molecule has 0 aliphatic carbocycles. The summed E-state index contributed by atoms with van der Waals surface area (Å²) in [6, 6.07) is 0. The van der Waals surface area contributed by atoms with E-state index in [1.54, 1.807) is 0 Å². The van der Waals surface area contributed by atoms with Gasteiger partial charge < -0.3 is 5.73 Å². The Morgan fingerprint density at radius 2 is 2.00 bits per heavy atom. The van der Waals surface area contributed by atoms with Gasteiger partial charge in [-0.3, -0.25) is 0 Å². The van der Waals surface area contributed by atoms with Crippen LogP contribution in [0, 0.1) is 0 Å². The highest BCUT2D eigenvalue weighted by atomic mass is 35.5. The van der Waals surface area contributed by atoms with E-state index >= 15 is 0 Å². The lowest BCUT2D eigenvalue weighted by atomic mass is 10.2. The fourth-order valence-corrected chi connectivity index (χ4v) is 0.826. The Morgan fingerprint density at radius 1 is 1.36 bits per heavy atom. The van der Waals surface area contributed by atoms with Crippen molar-refractivity contribution in [2.75, 3.05) is 11.8 Å². The van der Waals surface area contributed by atoms with Gasteiger partial charge in [0.15, 0.2) is 0 Å². The van der Waals surface area contributed by atoms with Crippen LogP contribution in [0.4, 0.5) is 0 Å². The quantitative estimate of drug-likeness (QED) is 0.528. The van der Waals surface area contributed by atoms with Crippen molar-refractivity contribution in [2.45, 2.75) is 12.8 Å². The number of nitrogens with two attached hydrogens (primary N) is 1. The summed E-state index contributed by atoms with van der Waals surface area (Å²) in [6.45, 7) is 3.76. The molecule has 11 heavy (non-hydrogen) atoms. The molecule has 0 aromatic carbocycles. The van der Waals surface area contributed by atoms with E-state index in [1.807, 2.05) is 6.08 Å². The first kappa shape index (κ1) is 10.9. The van der Waals surface area contributed by atoms with Gasteiger partial charge in [0.1, 0.15) is 0 Å². The summed E-state index contributed by atoms with van der Waals surface area (Å²) in [5.74, 6) is 0.919. The maximum Gasteiger partial charge on any atom is 0.0616 e. The van der Waals surface area contributed by atoms with Crippen LogP contribution < -0.4 is 5.73 Å². The molecule has 0 heterocycles. The van der Waals surface area contributed by atoms with Crippen LogP contribution in [0.1, 0.15) is 12.8 Å². The number of alkyl halides is 2. The maximum atomic E-state index is 5.52. The van der Waals surface area contributed by atoms with Crippen LogP contribution in [0.2, 0.25) is 0 Å². The van der Waals surface area contributed by atoms with Crippen molar-refractivity contribution in [1.82, 2.24) is 0 Å². The summed E-state index contributed by atoms with van der Waals surface area (Å²) < 4.78 is 0. The molecule has 0 rings (SSSR count). The lowest BCUT2D eigenvalue weighted by molar-refractivity contribution is 0.972. The summed E-state index contributed by atoms with van der Waals surface area (Å²) in [7, 11) is 0. The van der Waals surface area contributed by atoms with Gasteiger partial charge in [0.25, 0.3) is 0 Å². The van der Waals surface area contributed by atoms with E-state index in [0.29, 0.717) is 17.5 Å². The normalized spacial score (nSPS) is 11.6. The lowest BCUT2D eigenvalue weighted by Crippen LogP contribution is -1.97. The Balaban J connectivity index is 3.48. The molecule has 0 amide bonds. The number of hydrogen-bond acceptors (Lipinski definition) is 1. The Morgan fingerprint density at radius 3 is 2.45 bits per heavy atom. The predicted molar refractivity (Wildman–Crippen MR) is 52.1 cm³/mol. The molecule has 64 valence electrons. The SMILES string of the molecule is C=C(CCl)CC/C=C(\N)CCl. The zero-order chi connectivity index (χ0) is 8.69. The van der Waals surface area contributed by atoms with E-state index in [0.717, 1.165) is 18.4 Å². The van der Waals surface area contributed by atoms with Gasteiger partial charge >= 0.3 is 0 Å². The summed E-state index contributed by atoms with van der Waals surface area (Å²) in [5.41, 5.74) is 7.22. The van der Waals surface area contributed by atoms with Gasteiger partial charge in [0.05, 0.1) is 5.88 Å². The van der Waals surface area contributed by atoms with Crippen molar-refractivity contribution in [3.8, 4) is 0 Å². The average molecular weight is 194 g/mol. The third-order valence-electron chi connectivity index (χ3n) is 1.25. The highest BCUT2D eigenvalue weighted by molar-refractivity contribution is 6.19. The summed E-state index contributed by atoms with van der Waals surface area (Å²) in [5, 5.41) is 0. The number of allylic oxidation sites excluding steroid dienone is 3. The first-order valence-corrected chi connectivity index (χ1v) is 4.50. The molecule has 0 aromatic rings. The first-order chi connectivity index (χ1) is 5.20. The zero-order valence-electron chi connectivity index (χ0n) is 6.45. The smallest absolute Gasteiger partial charge is 0.0616 e. The second-order valence-corrected chi connectivity index (χ2v) is 2.87. The van der Waals surface area contributed by atoms with Crippen LogP contribution in [0.25, 0.3) is 0 Å². The van der Waals surface area contributed by atoms with Gasteiger partial charge in [-0.2, -0.15) is 0 Å². The van der Waals surface area contributed by atoms with E-state index in [4.69, 9.17) is 28.9 Å². The van der Waals surface area contributed by atoms with Gasteiger partial charge in [0, 0.05) is 11.6 Å². The van der Waals surface area contributed by atoms with Gasteiger partial charge in [-0.25, -0.2) is 0 Å². The van der Waals surface area contributed by atoms with Crippen LogP contribution >= 0.6 is 23.2 Å². The summed E-state index contributed by atoms with van der Waals surface area (Å²) in [6.07, 6.45) is 3.68. The highest BCUT2D eigenvalue weighted by Gasteiger charge is 1.90. The molecule has 0 spiro atoms. The molecule has 0 bridgehead atoms. The second kappa shape index (κ2) is 6.56. The molecule has 3 heteroatoms. The molecule has 1 nitrogen and oxygen atoms in total. The molecular formula is C8H13Cl2N. The number of hydrogen-bond donors (Lipinski definition) is 1. The number of rotatable bonds is 5. The minimum atomic E-state index is 0.396. The second-order valence-electron chi connectivity index (χ2n) is 2.33. The van der Waals surface area contributed by atoms with Gasteiger partial charge in [-0.1, -0.05) is 18.2 Å². The van der Waals surface area contributed by atoms with E-state index in [2.05, 4.69) is 6.58 Å². The van der Waals surface area contributed by atoms with Gasteiger partial charge in [-0.15, -0.1) is 23.2 Å². The Labute approximate surface area is 77.9 Å². The molecule has 0 atom stereocenters. The fraction of sp³-hybridized carbons (Fsp3) is 0.500. The van der Waals surface area contributed by atoms with E-state index in [9.17, 15) is 0 Å². The van der Waals surface area contributed by atoms with E-state index in [1.165, 1.54) is 0 Å². The largest absolute Gasteiger partial charge is 0.401 e. The lowest BCUT2D eigenvalue weighted by Gasteiger charge is -1.97. The van der Waals surface area contributed by atoms with Crippen LogP contribution in [-0.4, -0.2) is 11.8 Å². The molecule has 2 N–H and O–H groups in total. The van der Waals surface area contributed by atoms with Crippen LogP contribution in [0.5, 0.6) is 0 Å². The van der Waals surface area contributed by atoms with Crippen molar-refractivity contribution >= 4 is 23.2 Å². The zero-order valence-corrected chi connectivity index (χ0v) is 7.96. The van der Waals surface area contributed by atoms with Gasteiger partial charge in [0.2, 0.25) is 0 Å². The molecular weight excluding hydrogens is 181 g/mol. The Hall–Kier alpha value is -0.140. The van der Waals surface area contributed by atoms with E-state index in [-0.39, 0.29) is 0 Å². The highest BCUT2D eigenvalue weighted by Crippen LogP contribution is 2.05. The van der Waals surface area contributed by atoms with Crippen molar-refractivity contribution in [1.29, 1.82) is 0 Å². The van der Waals surface area contributed by atoms with Crippen LogP contribution in [-0.2, 0) is 0 Å². The molecule has 0 aromatic heterocycles. The van der Waals surface area contributed by atoms with Crippen molar-refractivity contribution in [3.05, 3.63) is 23.9 Å². The first-order valence-electron chi connectivity index (χ1n) is 3.43. The maximum absolute atomic E-state index is 5.52. The summed E-state index contributed by atoms with van der Waals surface area (Å²) >= 11 is 11.0. The van der Waals surface area contributed by atoms with E-state index < -0.39 is 0 Å². The van der Waals surface area contributed by atoms with Crippen molar-refractivity contribution < 1.29 is 0 Å². The third kappa shape index (κ3) is 6.27. The monoisotopic (exact) mass is 193 g/mol. The molecule has 0 unspecified atom stereocenters. The van der Waals surface area contributed by atoms with Gasteiger partial charge in [-0.05, 0) is 12.8 Å². The predicted octanol–water partition coefficient (Wildman–Crippen LogP) is 2.64. The fourth-order valence-electron chi connectivity index (χ4n) is 0.583. The van der Waals surface area contributed by atoms with Crippen LogP contribution in [0.3, 0.4) is 0 Å². The Bertz CT molecular complexity index is 152. The third-order valence-corrected chi connectivity index (χ3v) is 1.93. The minimum absolute atomic E-state index is 0.396. The van der Waals surface area contributed by atoms with Crippen molar-refractivity contribution in [2.24, 2.45) is 5.73 Å². The molecule has 0 saturated carbocycles. The number of halogens is 2. The topological polar surface area (TPSA) is 26.0 Å². The molecule has 0 fully saturated rings. The van der Waals surface area contributed by atoms with Crippen molar-refractivity contribution in [3.63, 3.8) is 0 Å². The molecule has 0 aliphatic rings. The molecule has 0 aliphatic heterocycles. The summed E-state index contributed by atoms with van der Waals surface area (Å²) in [4.78, 5) is 0. The molecule has 0 radical (unpaired) electrons. The minimum Gasteiger partial charge on any atom is -0.401 e.